The van der Waals surface area contributed by atoms with Crippen molar-refractivity contribution in [1.29, 1.82) is 0 Å². The summed E-state index contributed by atoms with van der Waals surface area (Å²) in [6.45, 7) is 6.51. The number of hydrogen-bond acceptors (Lipinski definition) is 2. The van der Waals surface area contributed by atoms with Crippen molar-refractivity contribution >= 4 is 11.6 Å². The van der Waals surface area contributed by atoms with E-state index in [0.717, 1.165) is 24.8 Å². The van der Waals surface area contributed by atoms with E-state index in [1.165, 1.54) is 5.56 Å². The first-order chi connectivity index (χ1) is 7.24. The molecule has 0 heterocycles. The minimum atomic E-state index is 0.309. The summed E-state index contributed by atoms with van der Waals surface area (Å²) in [6.07, 6.45) is 0. The second-order valence-electron chi connectivity index (χ2n) is 3.43. The van der Waals surface area contributed by atoms with Gasteiger partial charge in [-0.3, -0.25) is 0 Å². The van der Waals surface area contributed by atoms with Gasteiger partial charge >= 0.3 is 0 Å². The molecule has 0 aliphatic rings. The largest absolute Gasteiger partial charge is 0.380 e. The van der Waals surface area contributed by atoms with Gasteiger partial charge in [-0.15, -0.1) is 0 Å². The molecule has 2 nitrogen and oxygen atoms in total. The van der Waals surface area contributed by atoms with E-state index in [9.17, 15) is 0 Å². The SMILES string of the molecule is CCOCCN[C@H](C)c1cccc(Cl)c1. The van der Waals surface area contributed by atoms with Crippen LogP contribution < -0.4 is 5.32 Å². The van der Waals surface area contributed by atoms with Crippen LogP contribution >= 0.6 is 11.6 Å². The van der Waals surface area contributed by atoms with E-state index >= 15 is 0 Å². The molecule has 0 spiro atoms. The number of halogens is 1. The van der Waals surface area contributed by atoms with Gasteiger partial charge in [-0.1, -0.05) is 23.7 Å². The zero-order valence-electron chi connectivity index (χ0n) is 9.29. The molecular weight excluding hydrogens is 210 g/mol. The van der Waals surface area contributed by atoms with Gasteiger partial charge in [0, 0.05) is 24.2 Å². The summed E-state index contributed by atoms with van der Waals surface area (Å²) < 4.78 is 5.25. The highest BCUT2D eigenvalue weighted by molar-refractivity contribution is 6.30. The molecule has 0 radical (unpaired) electrons. The molecule has 0 aromatic heterocycles. The Labute approximate surface area is 96.6 Å². The van der Waals surface area contributed by atoms with Gasteiger partial charge in [0.05, 0.1) is 6.61 Å². The third-order valence-electron chi connectivity index (χ3n) is 2.25. The number of hydrogen-bond donors (Lipinski definition) is 1. The van der Waals surface area contributed by atoms with Gasteiger partial charge < -0.3 is 10.1 Å². The standard InChI is InChI=1S/C12H18ClNO/c1-3-15-8-7-14-10(2)11-5-4-6-12(13)9-11/h4-6,9-10,14H,3,7-8H2,1-2H3/t10-/m1/s1. The van der Waals surface area contributed by atoms with E-state index < -0.39 is 0 Å². The van der Waals surface area contributed by atoms with Crippen LogP contribution in [0.1, 0.15) is 25.5 Å². The number of ether oxygens (including phenoxy) is 1. The molecule has 0 saturated carbocycles. The Hall–Kier alpha value is -0.570. The highest BCUT2D eigenvalue weighted by Crippen LogP contribution is 2.16. The minimum Gasteiger partial charge on any atom is -0.380 e. The highest BCUT2D eigenvalue weighted by atomic mass is 35.5. The molecule has 84 valence electrons. The molecule has 0 bridgehead atoms. The second-order valence-corrected chi connectivity index (χ2v) is 3.86. The van der Waals surface area contributed by atoms with E-state index in [0.29, 0.717) is 6.04 Å². The van der Waals surface area contributed by atoms with E-state index in [4.69, 9.17) is 16.3 Å². The van der Waals surface area contributed by atoms with Crippen molar-refractivity contribution in [2.24, 2.45) is 0 Å². The van der Waals surface area contributed by atoms with Crippen molar-refractivity contribution in [3.63, 3.8) is 0 Å². The monoisotopic (exact) mass is 227 g/mol. The smallest absolute Gasteiger partial charge is 0.0590 e. The first-order valence-electron chi connectivity index (χ1n) is 5.30. The Bertz CT molecular complexity index is 291. The lowest BCUT2D eigenvalue weighted by molar-refractivity contribution is 0.147. The maximum atomic E-state index is 5.92. The minimum absolute atomic E-state index is 0.309. The molecule has 1 N–H and O–H groups in total. The fraction of sp³-hybridized carbons (Fsp3) is 0.500. The molecular formula is C12H18ClNO. The maximum Gasteiger partial charge on any atom is 0.0590 e. The van der Waals surface area contributed by atoms with Gasteiger partial charge in [0.25, 0.3) is 0 Å². The first kappa shape index (κ1) is 12.5. The van der Waals surface area contributed by atoms with Gasteiger partial charge in [-0.2, -0.15) is 0 Å². The van der Waals surface area contributed by atoms with Gasteiger partial charge in [0.1, 0.15) is 0 Å². The predicted molar refractivity (Wildman–Crippen MR) is 64.4 cm³/mol. The molecule has 1 rings (SSSR count). The highest BCUT2D eigenvalue weighted by Gasteiger charge is 2.03. The average molecular weight is 228 g/mol. The summed E-state index contributed by atoms with van der Waals surface area (Å²) in [7, 11) is 0. The van der Waals surface area contributed by atoms with Crippen LogP contribution in [-0.2, 0) is 4.74 Å². The Morgan fingerprint density at radius 2 is 2.27 bits per heavy atom. The molecule has 0 aliphatic heterocycles. The topological polar surface area (TPSA) is 21.3 Å². The summed E-state index contributed by atoms with van der Waals surface area (Å²) in [4.78, 5) is 0. The summed E-state index contributed by atoms with van der Waals surface area (Å²) in [5, 5.41) is 4.16. The van der Waals surface area contributed by atoms with Gasteiger partial charge in [0.2, 0.25) is 0 Å². The quantitative estimate of drug-likeness (QED) is 0.755. The molecule has 1 aromatic carbocycles. The fourth-order valence-corrected chi connectivity index (χ4v) is 1.58. The Morgan fingerprint density at radius 3 is 2.93 bits per heavy atom. The fourth-order valence-electron chi connectivity index (χ4n) is 1.39. The van der Waals surface area contributed by atoms with E-state index in [-0.39, 0.29) is 0 Å². The van der Waals surface area contributed by atoms with Crippen LogP contribution in [0.4, 0.5) is 0 Å². The van der Waals surface area contributed by atoms with Crippen LogP contribution in [-0.4, -0.2) is 19.8 Å². The van der Waals surface area contributed by atoms with Crippen LogP contribution in [0.2, 0.25) is 5.02 Å². The number of nitrogens with one attached hydrogen (secondary N) is 1. The zero-order chi connectivity index (χ0) is 11.1. The van der Waals surface area contributed by atoms with Crippen LogP contribution in [0.25, 0.3) is 0 Å². The summed E-state index contributed by atoms with van der Waals surface area (Å²) in [5.74, 6) is 0. The summed E-state index contributed by atoms with van der Waals surface area (Å²) >= 11 is 5.92. The summed E-state index contributed by atoms with van der Waals surface area (Å²) in [6, 6.07) is 8.23. The van der Waals surface area contributed by atoms with Gasteiger partial charge in [0.15, 0.2) is 0 Å². The van der Waals surface area contributed by atoms with Crippen molar-refractivity contribution < 1.29 is 4.74 Å². The third kappa shape index (κ3) is 4.65. The molecule has 0 saturated heterocycles. The van der Waals surface area contributed by atoms with Crippen molar-refractivity contribution in [2.45, 2.75) is 19.9 Å². The molecule has 1 atom stereocenters. The molecule has 15 heavy (non-hydrogen) atoms. The normalized spacial score (nSPS) is 12.7. The number of benzene rings is 1. The Kier molecular flexibility index (Phi) is 5.69. The lowest BCUT2D eigenvalue weighted by Gasteiger charge is -2.14. The van der Waals surface area contributed by atoms with Crippen LogP contribution in [0, 0.1) is 0 Å². The van der Waals surface area contributed by atoms with Gasteiger partial charge in [-0.05, 0) is 31.5 Å². The molecule has 1 aromatic rings. The van der Waals surface area contributed by atoms with E-state index in [1.54, 1.807) is 0 Å². The molecule has 0 aliphatic carbocycles. The second kappa shape index (κ2) is 6.83. The third-order valence-corrected chi connectivity index (χ3v) is 2.48. The maximum absolute atomic E-state index is 5.92. The van der Waals surface area contributed by atoms with E-state index in [2.05, 4.69) is 18.3 Å². The van der Waals surface area contributed by atoms with Crippen molar-refractivity contribution in [1.82, 2.24) is 5.32 Å². The van der Waals surface area contributed by atoms with Crippen LogP contribution in [0.15, 0.2) is 24.3 Å². The summed E-state index contributed by atoms with van der Waals surface area (Å²) in [5.41, 5.74) is 1.21. The van der Waals surface area contributed by atoms with Crippen molar-refractivity contribution in [3.05, 3.63) is 34.9 Å². The Morgan fingerprint density at radius 1 is 1.47 bits per heavy atom. The van der Waals surface area contributed by atoms with Crippen LogP contribution in [0.3, 0.4) is 0 Å². The zero-order valence-corrected chi connectivity index (χ0v) is 10.1. The lowest BCUT2D eigenvalue weighted by Crippen LogP contribution is -2.23. The van der Waals surface area contributed by atoms with Crippen LogP contribution in [0.5, 0.6) is 0 Å². The molecule has 3 heteroatoms. The predicted octanol–water partition coefficient (Wildman–Crippen LogP) is 3.03. The lowest BCUT2D eigenvalue weighted by atomic mass is 10.1. The van der Waals surface area contributed by atoms with Crippen molar-refractivity contribution in [2.75, 3.05) is 19.8 Å². The average Bonchev–Trinajstić information content (AvgIpc) is 2.24. The molecule has 0 fully saturated rings. The molecule has 0 unspecified atom stereocenters. The first-order valence-corrected chi connectivity index (χ1v) is 5.68. The van der Waals surface area contributed by atoms with Crippen molar-refractivity contribution in [3.8, 4) is 0 Å². The van der Waals surface area contributed by atoms with Gasteiger partial charge in [-0.25, -0.2) is 0 Å². The number of rotatable bonds is 6. The Balaban J connectivity index is 2.36. The van der Waals surface area contributed by atoms with E-state index in [1.807, 2.05) is 25.1 Å². The molecule has 0 amide bonds.